The number of ether oxygens (including phenoxy) is 2. The quantitative estimate of drug-likeness (QED) is 0.381. The molecular formula is C28H32ClN5O6. The van der Waals surface area contributed by atoms with Gasteiger partial charge in [0.1, 0.15) is 23.1 Å². The van der Waals surface area contributed by atoms with E-state index in [4.69, 9.17) is 31.4 Å². The number of aryl methyl sites for hydroxylation is 2. The molecule has 1 N–H and O–H groups in total. The third-order valence-electron chi connectivity index (χ3n) is 5.87. The number of nitriles is 2. The Labute approximate surface area is 238 Å². The molecule has 3 rings (SSSR count). The fourth-order valence-corrected chi connectivity index (χ4v) is 4.10. The summed E-state index contributed by atoms with van der Waals surface area (Å²) in [4.78, 5) is 45.0. The number of carbonyl (C=O) groups is 3. The molecule has 0 atom stereocenters. The maximum absolute atomic E-state index is 12.1. The molecule has 40 heavy (non-hydrogen) atoms. The SMILES string of the molecule is Cc1nc(Cl)c(C#N)cc1C(=O)OC(C)C.Cc1nc(N2CCC(C(=O)O)CC2)c(C#N)cc1C(=O)OC(C)C. The number of rotatable bonds is 6. The summed E-state index contributed by atoms with van der Waals surface area (Å²) < 4.78 is 10.2. The molecule has 0 aromatic carbocycles. The zero-order valence-corrected chi connectivity index (χ0v) is 24.1. The van der Waals surface area contributed by atoms with Gasteiger partial charge in [-0.25, -0.2) is 19.6 Å². The first kappa shape index (κ1) is 32.0. The van der Waals surface area contributed by atoms with Gasteiger partial charge < -0.3 is 19.5 Å². The molecule has 0 radical (unpaired) electrons. The van der Waals surface area contributed by atoms with Crippen LogP contribution in [0.4, 0.5) is 5.82 Å². The summed E-state index contributed by atoms with van der Waals surface area (Å²) in [6.07, 6.45) is 0.557. The number of halogens is 1. The molecule has 212 valence electrons. The summed E-state index contributed by atoms with van der Waals surface area (Å²) in [5.74, 6) is -1.63. The van der Waals surface area contributed by atoms with Gasteiger partial charge in [0, 0.05) is 13.1 Å². The minimum Gasteiger partial charge on any atom is -0.481 e. The average Bonchev–Trinajstić information content (AvgIpc) is 2.88. The zero-order valence-electron chi connectivity index (χ0n) is 23.3. The third-order valence-corrected chi connectivity index (χ3v) is 6.16. The summed E-state index contributed by atoms with van der Waals surface area (Å²) >= 11 is 5.73. The van der Waals surface area contributed by atoms with Gasteiger partial charge in [-0.2, -0.15) is 10.5 Å². The molecule has 0 unspecified atom stereocenters. The van der Waals surface area contributed by atoms with E-state index in [-0.39, 0.29) is 40.0 Å². The lowest BCUT2D eigenvalue weighted by Gasteiger charge is -2.31. The second-order valence-corrected chi connectivity index (χ2v) is 10.0. The Morgan fingerprint density at radius 2 is 1.38 bits per heavy atom. The van der Waals surface area contributed by atoms with E-state index >= 15 is 0 Å². The van der Waals surface area contributed by atoms with Crippen molar-refractivity contribution in [3.63, 3.8) is 0 Å². The minimum atomic E-state index is -0.786. The van der Waals surface area contributed by atoms with Gasteiger partial charge in [0.25, 0.3) is 0 Å². The molecule has 0 spiro atoms. The van der Waals surface area contributed by atoms with Crippen LogP contribution in [0.3, 0.4) is 0 Å². The van der Waals surface area contributed by atoms with Crippen molar-refractivity contribution in [1.29, 1.82) is 10.5 Å². The predicted octanol–water partition coefficient (Wildman–Crippen LogP) is 4.61. The highest BCUT2D eigenvalue weighted by Gasteiger charge is 2.27. The van der Waals surface area contributed by atoms with E-state index in [1.54, 1.807) is 41.5 Å². The Balaban J connectivity index is 0.000000305. The summed E-state index contributed by atoms with van der Waals surface area (Å²) in [5, 5.41) is 27.3. The Kier molecular flexibility index (Phi) is 11.4. The van der Waals surface area contributed by atoms with E-state index in [0.29, 0.717) is 48.7 Å². The van der Waals surface area contributed by atoms with Crippen LogP contribution >= 0.6 is 11.6 Å². The highest BCUT2D eigenvalue weighted by molar-refractivity contribution is 6.30. The summed E-state index contributed by atoms with van der Waals surface area (Å²) in [6.45, 7) is 11.4. The van der Waals surface area contributed by atoms with Gasteiger partial charge in [-0.05, 0) is 66.5 Å². The largest absolute Gasteiger partial charge is 0.481 e. The van der Waals surface area contributed by atoms with Crippen molar-refractivity contribution in [2.45, 2.75) is 66.6 Å². The van der Waals surface area contributed by atoms with Gasteiger partial charge in [0.05, 0.1) is 51.8 Å². The molecule has 0 saturated carbocycles. The Morgan fingerprint density at radius 3 is 1.80 bits per heavy atom. The molecule has 0 aliphatic carbocycles. The predicted molar refractivity (Wildman–Crippen MR) is 146 cm³/mol. The van der Waals surface area contributed by atoms with Crippen LogP contribution in [0.15, 0.2) is 12.1 Å². The topological polar surface area (TPSA) is 166 Å². The summed E-state index contributed by atoms with van der Waals surface area (Å²) in [7, 11) is 0. The normalized spacial score (nSPS) is 13.1. The smallest absolute Gasteiger partial charge is 0.340 e. The maximum atomic E-state index is 12.1. The number of carbonyl (C=O) groups excluding carboxylic acids is 2. The number of hydrogen-bond acceptors (Lipinski definition) is 10. The fraction of sp³-hybridized carbons (Fsp3) is 0.464. The molecule has 11 nitrogen and oxygen atoms in total. The maximum Gasteiger partial charge on any atom is 0.340 e. The molecule has 1 aliphatic rings. The van der Waals surface area contributed by atoms with Gasteiger partial charge in [-0.3, -0.25) is 4.79 Å². The van der Waals surface area contributed by atoms with Gasteiger partial charge in [-0.1, -0.05) is 11.6 Å². The fourth-order valence-electron chi connectivity index (χ4n) is 3.88. The highest BCUT2D eigenvalue weighted by atomic mass is 35.5. The van der Waals surface area contributed by atoms with Gasteiger partial charge in [-0.15, -0.1) is 0 Å². The number of hydrogen-bond donors (Lipinski definition) is 1. The Morgan fingerprint density at radius 1 is 0.925 bits per heavy atom. The van der Waals surface area contributed by atoms with Gasteiger partial charge in [0.2, 0.25) is 0 Å². The van der Waals surface area contributed by atoms with Crippen molar-refractivity contribution in [2.75, 3.05) is 18.0 Å². The van der Waals surface area contributed by atoms with E-state index in [2.05, 4.69) is 16.0 Å². The monoisotopic (exact) mass is 569 g/mol. The van der Waals surface area contributed by atoms with Crippen molar-refractivity contribution in [2.24, 2.45) is 5.92 Å². The number of piperidine rings is 1. The molecule has 2 aromatic heterocycles. The standard InChI is InChI=1S/C17H21N3O4.C11H11ClN2O2/c1-10(2)24-17(23)14-8-13(9-18)15(19-11(14)3)20-6-4-12(5-7-20)16(21)22;1-6(2)16-11(15)9-4-8(5-13)10(12)14-7(9)3/h8,10,12H,4-7H2,1-3H3,(H,21,22);4,6H,1-3H3. The molecule has 0 amide bonds. The second kappa shape index (κ2) is 14.2. The van der Waals surface area contributed by atoms with Gasteiger partial charge >= 0.3 is 17.9 Å². The number of aliphatic carboxylic acids is 1. The van der Waals surface area contributed by atoms with Crippen LogP contribution in [0.5, 0.6) is 0 Å². The molecule has 2 aromatic rings. The van der Waals surface area contributed by atoms with E-state index in [0.717, 1.165) is 0 Å². The van der Waals surface area contributed by atoms with Crippen LogP contribution in [0, 0.1) is 42.4 Å². The lowest BCUT2D eigenvalue weighted by molar-refractivity contribution is -0.142. The molecule has 1 fully saturated rings. The summed E-state index contributed by atoms with van der Waals surface area (Å²) in [5.41, 5.74) is 1.97. The number of esters is 2. The van der Waals surface area contributed by atoms with Crippen molar-refractivity contribution >= 4 is 35.3 Å². The molecular weight excluding hydrogens is 538 g/mol. The van der Waals surface area contributed by atoms with Gasteiger partial charge in [0.15, 0.2) is 0 Å². The van der Waals surface area contributed by atoms with Crippen molar-refractivity contribution in [3.8, 4) is 12.1 Å². The zero-order chi connectivity index (χ0) is 30.1. The van der Waals surface area contributed by atoms with Crippen LogP contribution in [-0.2, 0) is 14.3 Å². The first-order chi connectivity index (χ1) is 18.8. The lowest BCUT2D eigenvalue weighted by Crippen LogP contribution is -2.37. The van der Waals surface area contributed by atoms with Crippen molar-refractivity contribution in [3.05, 3.63) is 50.9 Å². The molecule has 1 saturated heterocycles. The molecule has 3 heterocycles. The van der Waals surface area contributed by atoms with E-state index in [1.165, 1.54) is 12.1 Å². The van der Waals surface area contributed by atoms with E-state index < -0.39 is 17.9 Å². The van der Waals surface area contributed by atoms with Crippen LogP contribution in [0.25, 0.3) is 0 Å². The highest BCUT2D eigenvalue weighted by Crippen LogP contribution is 2.27. The van der Waals surface area contributed by atoms with Crippen LogP contribution < -0.4 is 4.90 Å². The lowest BCUT2D eigenvalue weighted by atomic mass is 9.96. The number of carboxylic acid groups (broad SMARTS) is 1. The van der Waals surface area contributed by atoms with Crippen molar-refractivity contribution in [1.82, 2.24) is 9.97 Å². The number of pyridine rings is 2. The van der Waals surface area contributed by atoms with E-state index in [9.17, 15) is 19.6 Å². The number of anilines is 1. The van der Waals surface area contributed by atoms with Crippen LogP contribution in [-0.4, -0.2) is 58.3 Å². The first-order valence-corrected chi connectivity index (χ1v) is 13.0. The minimum absolute atomic E-state index is 0.0982. The number of carboxylic acids is 1. The number of aromatic nitrogens is 2. The van der Waals surface area contributed by atoms with E-state index in [1.807, 2.05) is 11.0 Å². The summed E-state index contributed by atoms with van der Waals surface area (Å²) in [6, 6.07) is 6.85. The molecule has 1 aliphatic heterocycles. The van der Waals surface area contributed by atoms with Crippen molar-refractivity contribution < 1.29 is 29.0 Å². The number of nitrogens with zero attached hydrogens (tertiary/aromatic N) is 5. The second-order valence-electron chi connectivity index (χ2n) is 9.68. The third kappa shape index (κ3) is 8.39. The van der Waals surface area contributed by atoms with Crippen LogP contribution in [0.1, 0.15) is 83.8 Å². The molecule has 12 heteroatoms. The first-order valence-electron chi connectivity index (χ1n) is 12.7. The average molecular weight is 570 g/mol. The van der Waals surface area contributed by atoms with Crippen LogP contribution in [0.2, 0.25) is 5.15 Å². The Hall–Kier alpha value is -4.22. The Bertz CT molecular complexity index is 1350. The molecule has 0 bridgehead atoms.